The second-order valence-corrected chi connectivity index (χ2v) is 6.37. The highest BCUT2D eigenvalue weighted by molar-refractivity contribution is 6.06. The van der Waals surface area contributed by atoms with Gasteiger partial charge in [-0.15, -0.1) is 4.73 Å². The van der Waals surface area contributed by atoms with E-state index >= 15 is 0 Å². The van der Waals surface area contributed by atoms with Crippen molar-refractivity contribution in [1.82, 2.24) is 0 Å². The number of carbonyl (C=O) groups is 2. The third-order valence-corrected chi connectivity index (χ3v) is 4.38. The lowest BCUT2D eigenvalue weighted by molar-refractivity contribution is -0.620. The first-order valence-corrected chi connectivity index (χ1v) is 8.53. The second kappa shape index (κ2) is 7.44. The minimum Gasteiger partial charge on any atom is -0.710 e. The number of aromatic nitrogens is 2. The molecule has 1 N–H and O–H groups in total. The minimum absolute atomic E-state index is 0.00525. The molecule has 0 spiro atoms. The number of aryl methyl sites for hydroxylation is 2. The zero-order chi connectivity index (χ0) is 21.3. The largest absolute Gasteiger partial charge is 0.710 e. The smallest absolute Gasteiger partial charge is 0.386 e. The zero-order valence-electron chi connectivity index (χ0n) is 15.8. The van der Waals surface area contributed by atoms with Gasteiger partial charge in [0.05, 0.1) is 0 Å². The van der Waals surface area contributed by atoms with Crippen molar-refractivity contribution in [2.24, 2.45) is 0 Å². The van der Waals surface area contributed by atoms with Crippen LogP contribution in [0.25, 0.3) is 11.0 Å². The number of hydrogen-bond acceptors (Lipinski definition) is 6. The summed E-state index contributed by atoms with van der Waals surface area (Å²) in [4.78, 5) is 24.0. The van der Waals surface area contributed by atoms with E-state index in [1.54, 1.807) is 32.0 Å². The third kappa shape index (κ3) is 3.51. The number of carbonyl (C=O) groups excluding carboxylic acids is 2. The highest BCUT2D eigenvalue weighted by atomic mass is 16.5. The molecule has 3 aromatic rings. The Morgan fingerprint density at radius 1 is 1.07 bits per heavy atom. The standard InChI is InChI=1S/C20H16N4O5/c1-11-8-15-16(9-12(11)2)24(28)19(17(10-21)23(15)27)22-20(26)14-6-4-5-7-18(14)29-13(3)25/h4-9H,1-3H3,(H,22,26). The molecule has 0 aliphatic heterocycles. The van der Waals surface area contributed by atoms with Gasteiger partial charge < -0.3 is 15.2 Å². The maximum absolute atomic E-state index is 12.9. The van der Waals surface area contributed by atoms with E-state index in [4.69, 9.17) is 4.74 Å². The van der Waals surface area contributed by atoms with Crippen LogP contribution < -0.4 is 19.5 Å². The fourth-order valence-corrected chi connectivity index (χ4v) is 2.83. The van der Waals surface area contributed by atoms with Crippen LogP contribution in [-0.2, 0) is 4.79 Å². The molecule has 2 aromatic carbocycles. The first-order valence-electron chi connectivity index (χ1n) is 8.53. The molecular weight excluding hydrogens is 376 g/mol. The van der Waals surface area contributed by atoms with Gasteiger partial charge in [0, 0.05) is 13.0 Å². The van der Waals surface area contributed by atoms with Gasteiger partial charge in [-0.25, -0.2) is 9.52 Å². The Morgan fingerprint density at radius 2 is 1.66 bits per heavy atom. The molecule has 0 saturated carbocycles. The van der Waals surface area contributed by atoms with Gasteiger partial charge in [0.25, 0.3) is 5.52 Å². The van der Waals surface area contributed by atoms with Crippen molar-refractivity contribution in [3.63, 3.8) is 0 Å². The summed E-state index contributed by atoms with van der Waals surface area (Å²) in [6.45, 7) is 4.73. The molecule has 146 valence electrons. The van der Waals surface area contributed by atoms with Crippen molar-refractivity contribution in [2.75, 3.05) is 5.32 Å². The van der Waals surface area contributed by atoms with Crippen LogP contribution in [0.1, 0.15) is 34.1 Å². The summed E-state index contributed by atoms with van der Waals surface area (Å²) < 4.78 is 5.64. The summed E-state index contributed by atoms with van der Waals surface area (Å²) in [5, 5.41) is 37.2. The topological polar surface area (TPSA) is 133 Å². The summed E-state index contributed by atoms with van der Waals surface area (Å²) in [5.41, 5.74) is 0.962. The number of nitrogens with one attached hydrogen (secondary N) is 1. The average molecular weight is 392 g/mol. The van der Waals surface area contributed by atoms with Gasteiger partial charge in [0.1, 0.15) is 11.3 Å². The van der Waals surface area contributed by atoms with Crippen LogP contribution in [0.15, 0.2) is 36.4 Å². The fraction of sp³-hybridized carbons (Fsp3) is 0.150. The van der Waals surface area contributed by atoms with Gasteiger partial charge in [0.2, 0.25) is 5.52 Å². The lowest BCUT2D eigenvalue weighted by atomic mass is 10.1. The predicted octanol–water partition coefficient (Wildman–Crippen LogP) is 1.77. The predicted molar refractivity (Wildman–Crippen MR) is 102 cm³/mol. The molecular formula is C20H16N4O5. The third-order valence-electron chi connectivity index (χ3n) is 4.38. The summed E-state index contributed by atoms with van der Waals surface area (Å²) in [6.07, 6.45) is 0. The number of fused-ring (bicyclic) bond motifs is 1. The van der Waals surface area contributed by atoms with E-state index in [1.807, 2.05) is 0 Å². The van der Waals surface area contributed by atoms with Crippen molar-refractivity contribution in [2.45, 2.75) is 20.8 Å². The molecule has 1 amide bonds. The first-order chi connectivity index (χ1) is 13.7. The van der Waals surface area contributed by atoms with Crippen molar-refractivity contribution < 1.29 is 23.8 Å². The summed E-state index contributed by atoms with van der Waals surface area (Å²) in [5.74, 6) is -1.97. The Balaban J connectivity index is 2.15. The lowest BCUT2D eigenvalue weighted by Crippen LogP contribution is -2.44. The van der Waals surface area contributed by atoms with Crippen molar-refractivity contribution in [3.8, 4) is 11.8 Å². The molecule has 0 radical (unpaired) electrons. The van der Waals surface area contributed by atoms with Gasteiger partial charge in [-0.3, -0.25) is 4.79 Å². The first kappa shape index (κ1) is 19.6. The van der Waals surface area contributed by atoms with Gasteiger partial charge in [-0.2, -0.15) is 10.6 Å². The van der Waals surface area contributed by atoms with E-state index in [9.17, 15) is 25.3 Å². The highest BCUT2D eigenvalue weighted by Gasteiger charge is 2.30. The number of amides is 1. The quantitative estimate of drug-likeness (QED) is 0.313. The van der Waals surface area contributed by atoms with Crippen LogP contribution in [0.4, 0.5) is 5.82 Å². The molecule has 9 heteroatoms. The Labute approximate surface area is 165 Å². The van der Waals surface area contributed by atoms with Crippen molar-refractivity contribution in [3.05, 3.63) is 69.2 Å². The van der Waals surface area contributed by atoms with E-state index in [-0.39, 0.29) is 22.3 Å². The van der Waals surface area contributed by atoms with E-state index in [1.165, 1.54) is 31.2 Å². The molecule has 0 aliphatic rings. The average Bonchev–Trinajstić information content (AvgIpc) is 2.67. The Hall–Kier alpha value is -4.19. The van der Waals surface area contributed by atoms with E-state index in [0.29, 0.717) is 9.46 Å². The van der Waals surface area contributed by atoms with Gasteiger partial charge in [-0.1, -0.05) is 12.1 Å². The highest BCUT2D eigenvalue weighted by Crippen LogP contribution is 2.21. The Morgan fingerprint density at radius 3 is 2.24 bits per heavy atom. The number of anilines is 1. The van der Waals surface area contributed by atoms with Crippen LogP contribution in [0.2, 0.25) is 0 Å². The van der Waals surface area contributed by atoms with Gasteiger partial charge in [-0.05, 0) is 43.2 Å². The van der Waals surface area contributed by atoms with Crippen LogP contribution in [-0.4, -0.2) is 11.9 Å². The molecule has 1 heterocycles. The Bertz CT molecular complexity index is 1210. The molecule has 29 heavy (non-hydrogen) atoms. The Kier molecular flexibility index (Phi) is 5.02. The maximum Gasteiger partial charge on any atom is 0.386 e. The number of nitrogens with zero attached hydrogens (tertiary/aromatic N) is 3. The lowest BCUT2D eigenvalue weighted by Gasteiger charge is -2.14. The SMILES string of the molecule is CC(=O)Oc1ccccc1C(=O)Nc1c(C#N)[n+]([O-])c2cc(C)c(C)cc2[n+]1[O-]. The van der Waals surface area contributed by atoms with Gasteiger partial charge in [0.15, 0.2) is 6.07 Å². The van der Waals surface area contributed by atoms with Gasteiger partial charge >= 0.3 is 23.4 Å². The van der Waals surface area contributed by atoms with Crippen LogP contribution in [0, 0.1) is 35.6 Å². The maximum atomic E-state index is 12.9. The zero-order valence-corrected chi connectivity index (χ0v) is 15.8. The normalized spacial score (nSPS) is 10.4. The second-order valence-electron chi connectivity index (χ2n) is 6.37. The number of esters is 1. The van der Waals surface area contributed by atoms with Crippen molar-refractivity contribution >= 4 is 28.7 Å². The number of ether oxygens (including phenoxy) is 1. The molecule has 0 aliphatic carbocycles. The number of nitriles is 1. The molecule has 3 rings (SSSR count). The van der Waals surface area contributed by atoms with Crippen LogP contribution in [0.3, 0.4) is 0 Å². The molecule has 0 atom stereocenters. The summed E-state index contributed by atoms with van der Waals surface area (Å²) >= 11 is 0. The molecule has 1 aromatic heterocycles. The molecule has 0 bridgehead atoms. The van der Waals surface area contributed by atoms with Crippen LogP contribution >= 0.6 is 0 Å². The fourth-order valence-electron chi connectivity index (χ4n) is 2.83. The summed E-state index contributed by atoms with van der Waals surface area (Å²) in [6, 6.07) is 10.6. The minimum atomic E-state index is -0.814. The van der Waals surface area contributed by atoms with Crippen LogP contribution in [0.5, 0.6) is 5.75 Å². The monoisotopic (exact) mass is 392 g/mol. The number of benzene rings is 2. The summed E-state index contributed by atoms with van der Waals surface area (Å²) in [7, 11) is 0. The molecule has 9 nitrogen and oxygen atoms in total. The molecule has 0 fully saturated rings. The number of rotatable bonds is 3. The number of para-hydroxylation sites is 1. The number of hydrogen-bond donors (Lipinski definition) is 1. The van der Waals surface area contributed by atoms with E-state index in [2.05, 4.69) is 5.32 Å². The van der Waals surface area contributed by atoms with E-state index in [0.717, 1.165) is 11.1 Å². The van der Waals surface area contributed by atoms with E-state index < -0.39 is 23.4 Å². The molecule has 0 unspecified atom stereocenters. The molecule has 0 saturated heterocycles. The van der Waals surface area contributed by atoms with Crippen molar-refractivity contribution in [1.29, 1.82) is 5.26 Å².